The fraction of sp³-hybridized carbons (Fsp3) is 0.385. The summed E-state index contributed by atoms with van der Waals surface area (Å²) in [5, 5.41) is 8.62. The molecule has 2 N–H and O–H groups in total. The SMILES string of the molecule is CS(=O)CCCNS(=O)(=O)c1cccc(C#CCO)c1. The molecule has 0 bridgehead atoms. The minimum atomic E-state index is -3.58. The first-order valence-electron chi connectivity index (χ1n) is 5.95. The predicted octanol–water partition coefficient (Wildman–Crippen LogP) is 0.0773. The molecule has 1 atom stereocenters. The van der Waals surface area contributed by atoms with Gasteiger partial charge in [0.2, 0.25) is 10.0 Å². The van der Waals surface area contributed by atoms with Crippen molar-refractivity contribution in [2.24, 2.45) is 0 Å². The lowest BCUT2D eigenvalue weighted by atomic mass is 10.2. The van der Waals surface area contributed by atoms with Crippen molar-refractivity contribution < 1.29 is 17.7 Å². The number of sulfonamides is 1. The van der Waals surface area contributed by atoms with Gasteiger partial charge in [0.05, 0.1) is 4.90 Å². The van der Waals surface area contributed by atoms with Crippen molar-refractivity contribution in [1.29, 1.82) is 0 Å². The van der Waals surface area contributed by atoms with Crippen molar-refractivity contribution in [1.82, 2.24) is 4.72 Å². The van der Waals surface area contributed by atoms with E-state index in [-0.39, 0.29) is 18.0 Å². The highest BCUT2D eigenvalue weighted by atomic mass is 32.2. The molecule has 20 heavy (non-hydrogen) atoms. The number of hydrogen-bond acceptors (Lipinski definition) is 4. The number of nitrogens with one attached hydrogen (secondary N) is 1. The van der Waals surface area contributed by atoms with Crippen LogP contribution in [0.5, 0.6) is 0 Å². The van der Waals surface area contributed by atoms with Gasteiger partial charge in [-0.25, -0.2) is 13.1 Å². The van der Waals surface area contributed by atoms with Crippen molar-refractivity contribution in [3.05, 3.63) is 29.8 Å². The van der Waals surface area contributed by atoms with Crippen LogP contribution < -0.4 is 4.72 Å². The quantitative estimate of drug-likeness (QED) is 0.575. The Balaban J connectivity index is 2.74. The Labute approximate surface area is 121 Å². The first kappa shape index (κ1) is 16.9. The molecule has 1 aromatic rings. The van der Waals surface area contributed by atoms with E-state index in [0.29, 0.717) is 17.7 Å². The van der Waals surface area contributed by atoms with E-state index in [1.807, 2.05) is 0 Å². The highest BCUT2D eigenvalue weighted by molar-refractivity contribution is 7.89. The number of hydrogen-bond donors (Lipinski definition) is 2. The van der Waals surface area contributed by atoms with Crippen LogP contribution >= 0.6 is 0 Å². The molecule has 0 aromatic heterocycles. The monoisotopic (exact) mass is 315 g/mol. The molecule has 0 aliphatic heterocycles. The predicted molar refractivity (Wildman–Crippen MR) is 79.1 cm³/mol. The highest BCUT2D eigenvalue weighted by Gasteiger charge is 2.13. The van der Waals surface area contributed by atoms with Gasteiger partial charge in [-0.2, -0.15) is 0 Å². The first-order chi connectivity index (χ1) is 9.45. The van der Waals surface area contributed by atoms with E-state index >= 15 is 0 Å². The molecule has 110 valence electrons. The zero-order chi connectivity index (χ0) is 15.0. The number of aliphatic hydroxyl groups is 1. The fourth-order valence-electron chi connectivity index (χ4n) is 1.45. The summed E-state index contributed by atoms with van der Waals surface area (Å²) < 4.78 is 37.4. The van der Waals surface area contributed by atoms with Gasteiger partial charge in [-0.15, -0.1) is 0 Å². The van der Waals surface area contributed by atoms with Gasteiger partial charge in [0.15, 0.2) is 0 Å². The van der Waals surface area contributed by atoms with Gasteiger partial charge in [-0.3, -0.25) is 4.21 Å². The van der Waals surface area contributed by atoms with Crippen molar-refractivity contribution in [3.63, 3.8) is 0 Å². The van der Waals surface area contributed by atoms with Crippen LogP contribution in [0.2, 0.25) is 0 Å². The first-order valence-corrected chi connectivity index (χ1v) is 9.16. The molecular formula is C13H17NO4S2. The van der Waals surface area contributed by atoms with Crippen LogP contribution in [0, 0.1) is 11.8 Å². The third-order valence-electron chi connectivity index (χ3n) is 2.36. The summed E-state index contributed by atoms with van der Waals surface area (Å²) in [5.41, 5.74) is 0.525. The molecule has 0 saturated heterocycles. The maximum absolute atomic E-state index is 12.0. The van der Waals surface area contributed by atoms with E-state index in [1.165, 1.54) is 12.1 Å². The summed E-state index contributed by atoms with van der Waals surface area (Å²) in [6, 6.07) is 6.19. The minimum Gasteiger partial charge on any atom is -0.384 e. The molecule has 0 spiro atoms. The van der Waals surface area contributed by atoms with E-state index in [0.717, 1.165) is 0 Å². The molecular weight excluding hydrogens is 298 g/mol. The lowest BCUT2D eigenvalue weighted by molar-refractivity contribution is 0.350. The van der Waals surface area contributed by atoms with Crippen LogP contribution in [0.1, 0.15) is 12.0 Å². The van der Waals surface area contributed by atoms with Gasteiger partial charge < -0.3 is 5.11 Å². The number of aliphatic hydroxyl groups excluding tert-OH is 1. The van der Waals surface area contributed by atoms with E-state index < -0.39 is 20.8 Å². The molecule has 1 unspecified atom stereocenters. The third-order valence-corrected chi connectivity index (χ3v) is 4.68. The van der Waals surface area contributed by atoms with Gasteiger partial charge in [-0.1, -0.05) is 17.9 Å². The van der Waals surface area contributed by atoms with Crippen LogP contribution in [0.4, 0.5) is 0 Å². The third kappa shape index (κ3) is 5.84. The molecule has 0 aliphatic rings. The largest absolute Gasteiger partial charge is 0.384 e. The van der Waals surface area contributed by atoms with Crippen LogP contribution in [0.15, 0.2) is 29.2 Å². The summed E-state index contributed by atoms with van der Waals surface area (Å²) in [7, 11) is -4.51. The van der Waals surface area contributed by atoms with Gasteiger partial charge in [-0.05, 0) is 24.6 Å². The summed E-state index contributed by atoms with van der Waals surface area (Å²) in [6.07, 6.45) is 2.10. The molecule has 7 heteroatoms. The van der Waals surface area contributed by atoms with Crippen molar-refractivity contribution in [2.75, 3.05) is 25.2 Å². The van der Waals surface area contributed by atoms with Crippen LogP contribution in [0.3, 0.4) is 0 Å². The topological polar surface area (TPSA) is 83.5 Å². The van der Waals surface area contributed by atoms with Gasteiger partial charge >= 0.3 is 0 Å². The summed E-state index contributed by atoms with van der Waals surface area (Å²) in [4.78, 5) is 0.125. The number of benzene rings is 1. The summed E-state index contributed by atoms with van der Waals surface area (Å²) >= 11 is 0. The maximum Gasteiger partial charge on any atom is 0.240 e. The zero-order valence-corrected chi connectivity index (χ0v) is 12.8. The van der Waals surface area contributed by atoms with E-state index in [9.17, 15) is 12.6 Å². The van der Waals surface area contributed by atoms with Gasteiger partial charge in [0.25, 0.3) is 0 Å². The Hall–Kier alpha value is -1.20. The number of rotatable bonds is 6. The molecule has 0 heterocycles. The van der Waals surface area contributed by atoms with Crippen molar-refractivity contribution in [2.45, 2.75) is 11.3 Å². The average molecular weight is 315 g/mol. The van der Waals surface area contributed by atoms with Crippen LogP contribution in [0.25, 0.3) is 0 Å². The Morgan fingerprint density at radius 2 is 2.15 bits per heavy atom. The Morgan fingerprint density at radius 1 is 1.40 bits per heavy atom. The maximum atomic E-state index is 12.0. The minimum absolute atomic E-state index is 0.125. The van der Waals surface area contributed by atoms with Crippen molar-refractivity contribution in [3.8, 4) is 11.8 Å². The van der Waals surface area contributed by atoms with E-state index in [4.69, 9.17) is 5.11 Å². The van der Waals surface area contributed by atoms with Gasteiger partial charge in [0.1, 0.15) is 6.61 Å². The fourth-order valence-corrected chi connectivity index (χ4v) is 3.12. The van der Waals surface area contributed by atoms with Crippen LogP contribution in [-0.2, 0) is 20.8 Å². The lowest BCUT2D eigenvalue weighted by Crippen LogP contribution is -2.25. The Kier molecular flexibility index (Phi) is 6.88. The highest BCUT2D eigenvalue weighted by Crippen LogP contribution is 2.10. The lowest BCUT2D eigenvalue weighted by Gasteiger charge is -2.06. The molecule has 0 amide bonds. The van der Waals surface area contributed by atoms with Crippen LogP contribution in [-0.4, -0.2) is 42.9 Å². The molecule has 1 aromatic carbocycles. The van der Waals surface area contributed by atoms with Crippen molar-refractivity contribution >= 4 is 20.8 Å². The molecule has 0 aliphatic carbocycles. The smallest absolute Gasteiger partial charge is 0.240 e. The second-order valence-corrected chi connectivity index (χ2v) is 7.34. The Morgan fingerprint density at radius 3 is 2.80 bits per heavy atom. The van der Waals surface area contributed by atoms with Gasteiger partial charge in [0, 0.05) is 34.9 Å². The molecule has 0 radical (unpaired) electrons. The molecule has 5 nitrogen and oxygen atoms in total. The second kappa shape index (κ2) is 8.17. The molecule has 0 saturated carbocycles. The average Bonchev–Trinajstić information content (AvgIpc) is 2.41. The zero-order valence-electron chi connectivity index (χ0n) is 11.1. The van der Waals surface area contributed by atoms with E-state index in [1.54, 1.807) is 18.4 Å². The van der Waals surface area contributed by atoms with E-state index in [2.05, 4.69) is 16.6 Å². The second-order valence-electron chi connectivity index (χ2n) is 4.02. The summed E-state index contributed by atoms with van der Waals surface area (Å²) in [5.74, 6) is 5.58. The molecule has 0 fully saturated rings. The normalized spacial score (nSPS) is 12.5. The standard InChI is InChI=1S/C13H17NO4S2/c1-19(16)10-4-8-14-20(17,18)13-7-2-5-12(11-13)6-3-9-15/h2,5,7,11,14-15H,4,8-10H2,1H3. The molecule has 1 rings (SSSR count). The Bertz CT molecular complexity index is 629. The summed E-state index contributed by atoms with van der Waals surface area (Å²) in [6.45, 7) is -0.0299.